The zero-order valence-electron chi connectivity index (χ0n) is 14.7. The Hall–Kier alpha value is -2.19. The molecule has 4 aromatic rings. The van der Waals surface area contributed by atoms with Gasteiger partial charge in [0.2, 0.25) is 5.78 Å². The van der Waals surface area contributed by atoms with E-state index in [0.29, 0.717) is 17.7 Å². The quantitative estimate of drug-likeness (QED) is 0.471. The summed E-state index contributed by atoms with van der Waals surface area (Å²) < 4.78 is 3.74. The Morgan fingerprint density at radius 3 is 2.85 bits per heavy atom. The average Bonchev–Trinajstić information content (AvgIpc) is 3.26. The molecule has 26 heavy (non-hydrogen) atoms. The van der Waals surface area contributed by atoms with E-state index >= 15 is 0 Å². The molecule has 6 nitrogen and oxygen atoms in total. The van der Waals surface area contributed by atoms with Crippen LogP contribution in [0.25, 0.3) is 16.7 Å². The van der Waals surface area contributed by atoms with Gasteiger partial charge in [0.1, 0.15) is 0 Å². The summed E-state index contributed by atoms with van der Waals surface area (Å²) in [5, 5.41) is 13.3. The van der Waals surface area contributed by atoms with Crippen molar-refractivity contribution in [2.24, 2.45) is 0 Å². The average molecular weight is 386 g/mol. The van der Waals surface area contributed by atoms with Crippen molar-refractivity contribution in [1.29, 1.82) is 0 Å². The third-order valence-electron chi connectivity index (χ3n) is 4.23. The maximum absolute atomic E-state index is 12.9. The molecule has 3 aromatic heterocycles. The van der Waals surface area contributed by atoms with Crippen LogP contribution in [0.2, 0.25) is 0 Å². The van der Waals surface area contributed by atoms with Crippen LogP contribution < -0.4 is 5.56 Å². The lowest BCUT2D eigenvalue weighted by atomic mass is 10.2. The number of hydrogen-bond donors (Lipinski definition) is 0. The second kappa shape index (κ2) is 7.20. The zero-order chi connectivity index (χ0) is 18.1. The number of rotatable bonds is 6. The number of hydrogen-bond acceptors (Lipinski definition) is 6. The molecule has 0 saturated heterocycles. The highest BCUT2D eigenvalue weighted by atomic mass is 32.2. The lowest BCUT2D eigenvalue weighted by Gasteiger charge is -2.10. The Morgan fingerprint density at radius 2 is 2.08 bits per heavy atom. The van der Waals surface area contributed by atoms with E-state index in [9.17, 15) is 4.79 Å². The Kier molecular flexibility index (Phi) is 4.78. The van der Waals surface area contributed by atoms with Gasteiger partial charge in [-0.3, -0.25) is 13.8 Å². The Balaban J connectivity index is 1.84. The summed E-state index contributed by atoms with van der Waals surface area (Å²) >= 11 is 3.24. The second-order valence-electron chi connectivity index (χ2n) is 6.09. The molecular formula is C18H19N5OS2. The molecule has 0 aliphatic carbocycles. The fourth-order valence-corrected chi connectivity index (χ4v) is 4.51. The molecule has 0 fully saturated rings. The fourth-order valence-electron chi connectivity index (χ4n) is 2.96. The van der Waals surface area contributed by atoms with Gasteiger partial charge in [-0.05, 0) is 25.5 Å². The molecule has 8 heteroatoms. The lowest BCUT2D eigenvalue weighted by molar-refractivity contribution is 0.620. The third kappa shape index (κ3) is 3.03. The van der Waals surface area contributed by atoms with Gasteiger partial charge in [0, 0.05) is 17.7 Å². The first kappa shape index (κ1) is 17.2. The number of nitrogens with zero attached hydrogens (tertiary/aromatic N) is 5. The van der Waals surface area contributed by atoms with Gasteiger partial charge < -0.3 is 0 Å². The number of benzene rings is 1. The largest absolute Gasteiger partial charge is 0.276 e. The van der Waals surface area contributed by atoms with Gasteiger partial charge in [-0.15, -0.1) is 21.5 Å². The molecule has 0 spiro atoms. The summed E-state index contributed by atoms with van der Waals surface area (Å²) in [6, 6.07) is 7.66. The van der Waals surface area contributed by atoms with Crippen LogP contribution in [0.4, 0.5) is 0 Å². The molecule has 0 radical (unpaired) electrons. The van der Waals surface area contributed by atoms with Crippen LogP contribution in [0.5, 0.6) is 0 Å². The first-order valence-corrected chi connectivity index (χ1v) is 10.5. The molecule has 0 saturated carbocycles. The summed E-state index contributed by atoms with van der Waals surface area (Å²) in [5.74, 6) is 1.34. The van der Waals surface area contributed by atoms with Gasteiger partial charge in [0.15, 0.2) is 5.16 Å². The minimum atomic E-state index is 0.000580. The Morgan fingerprint density at radius 1 is 1.23 bits per heavy atom. The SMILES string of the molecule is CCCCn1c(=O)c2ccccc2n2c(SCc3csc(C)n3)nnc12. The third-order valence-corrected chi connectivity index (χ3v) is 6.01. The van der Waals surface area contributed by atoms with Crippen LogP contribution >= 0.6 is 23.1 Å². The minimum absolute atomic E-state index is 0.000580. The van der Waals surface area contributed by atoms with Crippen molar-refractivity contribution < 1.29 is 0 Å². The van der Waals surface area contributed by atoms with Gasteiger partial charge >= 0.3 is 0 Å². The van der Waals surface area contributed by atoms with Crippen molar-refractivity contribution in [2.45, 2.75) is 44.1 Å². The van der Waals surface area contributed by atoms with Gasteiger partial charge in [0.05, 0.1) is 21.6 Å². The predicted octanol–water partition coefficient (Wildman–Crippen LogP) is 3.90. The molecule has 0 bridgehead atoms. The highest BCUT2D eigenvalue weighted by molar-refractivity contribution is 7.98. The normalized spacial score (nSPS) is 11.6. The van der Waals surface area contributed by atoms with Gasteiger partial charge in [0.25, 0.3) is 5.56 Å². The molecule has 4 rings (SSSR count). The van der Waals surface area contributed by atoms with Crippen LogP contribution in [0, 0.1) is 6.92 Å². The summed E-state index contributed by atoms with van der Waals surface area (Å²) in [5.41, 5.74) is 1.89. The number of fused-ring (bicyclic) bond motifs is 3. The van der Waals surface area contributed by atoms with Crippen LogP contribution in [0.1, 0.15) is 30.5 Å². The van der Waals surface area contributed by atoms with Crippen molar-refractivity contribution in [2.75, 3.05) is 0 Å². The van der Waals surface area contributed by atoms with E-state index in [0.717, 1.165) is 40.0 Å². The number of aryl methyl sites for hydroxylation is 2. The number of aromatic nitrogens is 5. The van der Waals surface area contributed by atoms with E-state index in [1.54, 1.807) is 27.7 Å². The van der Waals surface area contributed by atoms with Gasteiger partial charge in [-0.25, -0.2) is 4.98 Å². The summed E-state index contributed by atoms with van der Waals surface area (Å²) in [6.45, 7) is 4.77. The van der Waals surface area contributed by atoms with Crippen molar-refractivity contribution >= 4 is 39.8 Å². The zero-order valence-corrected chi connectivity index (χ0v) is 16.3. The molecule has 134 valence electrons. The van der Waals surface area contributed by atoms with Crippen molar-refractivity contribution in [1.82, 2.24) is 24.1 Å². The molecule has 3 heterocycles. The maximum atomic E-state index is 12.9. The number of unbranched alkanes of at least 4 members (excludes halogenated alkanes) is 1. The summed E-state index contributed by atoms with van der Waals surface area (Å²) in [4.78, 5) is 17.4. The molecule has 0 amide bonds. The van der Waals surface area contributed by atoms with Crippen molar-refractivity contribution in [3.8, 4) is 0 Å². The Labute approximate surface area is 158 Å². The van der Waals surface area contributed by atoms with Crippen molar-refractivity contribution in [3.05, 3.63) is 50.7 Å². The maximum Gasteiger partial charge on any atom is 0.262 e. The highest BCUT2D eigenvalue weighted by Crippen LogP contribution is 2.25. The lowest BCUT2D eigenvalue weighted by Crippen LogP contribution is -2.23. The van der Waals surface area contributed by atoms with Gasteiger partial charge in [-0.1, -0.05) is 37.2 Å². The van der Waals surface area contributed by atoms with E-state index in [2.05, 4.69) is 27.5 Å². The Bertz CT molecular complexity index is 1130. The molecular weight excluding hydrogens is 366 g/mol. The monoisotopic (exact) mass is 385 g/mol. The van der Waals surface area contributed by atoms with Gasteiger partial charge in [-0.2, -0.15) is 0 Å². The van der Waals surface area contributed by atoms with Crippen LogP contribution in [0.3, 0.4) is 0 Å². The molecule has 0 aliphatic rings. The highest BCUT2D eigenvalue weighted by Gasteiger charge is 2.16. The molecule has 0 N–H and O–H groups in total. The molecule has 1 aromatic carbocycles. The van der Waals surface area contributed by atoms with E-state index in [4.69, 9.17) is 0 Å². The topological polar surface area (TPSA) is 65.1 Å². The fraction of sp³-hybridized carbons (Fsp3) is 0.333. The number of para-hydroxylation sites is 1. The smallest absolute Gasteiger partial charge is 0.262 e. The number of thiazole rings is 1. The minimum Gasteiger partial charge on any atom is -0.276 e. The van der Waals surface area contributed by atoms with E-state index in [-0.39, 0.29) is 5.56 Å². The summed E-state index contributed by atoms with van der Waals surface area (Å²) in [7, 11) is 0. The van der Waals surface area contributed by atoms with E-state index in [1.807, 2.05) is 35.6 Å². The van der Waals surface area contributed by atoms with Crippen LogP contribution in [-0.4, -0.2) is 24.1 Å². The van der Waals surface area contributed by atoms with Crippen LogP contribution in [0.15, 0.2) is 39.6 Å². The van der Waals surface area contributed by atoms with Crippen LogP contribution in [-0.2, 0) is 12.3 Å². The van der Waals surface area contributed by atoms with E-state index < -0.39 is 0 Å². The standard InChI is InChI=1S/C18H19N5OS2/c1-3-4-9-22-16(24)14-7-5-6-8-15(14)23-17(22)20-21-18(23)26-11-13-10-25-12(2)19-13/h5-8,10H,3-4,9,11H2,1-2H3. The molecule has 0 atom stereocenters. The van der Waals surface area contributed by atoms with E-state index in [1.165, 1.54) is 0 Å². The number of thioether (sulfide) groups is 1. The second-order valence-corrected chi connectivity index (χ2v) is 8.10. The first-order valence-electron chi connectivity index (χ1n) is 8.59. The molecule has 0 unspecified atom stereocenters. The first-order chi connectivity index (χ1) is 12.7. The predicted molar refractivity (Wildman–Crippen MR) is 106 cm³/mol. The summed E-state index contributed by atoms with van der Waals surface area (Å²) in [6.07, 6.45) is 1.95. The molecule has 0 aliphatic heterocycles. The van der Waals surface area contributed by atoms with Crippen molar-refractivity contribution in [3.63, 3.8) is 0 Å².